The van der Waals surface area contributed by atoms with Crippen LogP contribution in [0.15, 0.2) is 12.1 Å². The normalized spacial score (nSPS) is 11.1. The molecule has 6 heteroatoms. The summed E-state index contributed by atoms with van der Waals surface area (Å²) in [6, 6.07) is 3.21. The van der Waals surface area contributed by atoms with Crippen LogP contribution in [0.25, 0.3) is 0 Å². The largest absolute Gasteiger partial charge is 0.493 e. The molecule has 0 aromatic heterocycles. The van der Waals surface area contributed by atoms with Gasteiger partial charge in [-0.25, -0.2) is 9.59 Å². The molecule has 290 valence electrons. The number of ether oxygens (including phenoxy) is 4. The van der Waals surface area contributed by atoms with Crippen LogP contribution in [0.1, 0.15) is 228 Å². The highest BCUT2D eigenvalue weighted by Gasteiger charge is 2.23. The molecule has 0 N–H and O–H groups in total. The Labute approximate surface area is 308 Å². The Hall–Kier alpha value is -2.24. The smallest absolute Gasteiger partial charge is 0.342 e. The van der Waals surface area contributed by atoms with Crippen LogP contribution < -0.4 is 9.47 Å². The number of hydrogen-bond donors (Lipinski definition) is 0. The first kappa shape index (κ1) is 45.8. The van der Waals surface area contributed by atoms with Crippen molar-refractivity contribution in [3.8, 4) is 11.5 Å². The van der Waals surface area contributed by atoms with Crippen molar-refractivity contribution in [2.75, 3.05) is 26.4 Å². The van der Waals surface area contributed by atoms with Crippen LogP contribution in [0.4, 0.5) is 0 Å². The molecule has 0 aliphatic heterocycles. The van der Waals surface area contributed by atoms with Crippen LogP contribution >= 0.6 is 0 Å². The summed E-state index contributed by atoms with van der Waals surface area (Å²) in [7, 11) is 0. The van der Waals surface area contributed by atoms with E-state index in [4.69, 9.17) is 18.9 Å². The molecule has 0 heterocycles. The average molecular weight is 703 g/mol. The van der Waals surface area contributed by atoms with Gasteiger partial charge in [-0.15, -0.1) is 0 Å². The summed E-state index contributed by atoms with van der Waals surface area (Å²) in [4.78, 5) is 25.8. The van der Waals surface area contributed by atoms with Crippen molar-refractivity contribution in [2.24, 2.45) is 0 Å². The van der Waals surface area contributed by atoms with Gasteiger partial charge < -0.3 is 18.9 Å². The molecule has 1 rings (SSSR count). The van der Waals surface area contributed by atoms with Gasteiger partial charge in [-0.1, -0.05) is 181 Å². The highest BCUT2D eigenvalue weighted by molar-refractivity contribution is 5.98. The topological polar surface area (TPSA) is 71.1 Å². The number of hydrogen-bond acceptors (Lipinski definition) is 6. The molecular weight excluding hydrogens is 624 g/mol. The van der Waals surface area contributed by atoms with Crippen LogP contribution in [-0.2, 0) is 9.47 Å². The van der Waals surface area contributed by atoms with E-state index in [0.29, 0.717) is 35.8 Å². The van der Waals surface area contributed by atoms with Crippen molar-refractivity contribution >= 4 is 11.9 Å². The summed E-state index contributed by atoms with van der Waals surface area (Å²) < 4.78 is 22.9. The fraction of sp³-hybridized carbons (Fsp3) is 0.818. The molecule has 1 aromatic rings. The lowest BCUT2D eigenvalue weighted by molar-refractivity contribution is 0.0503. The molecule has 1 aromatic carbocycles. The molecule has 0 saturated carbocycles. The van der Waals surface area contributed by atoms with E-state index >= 15 is 0 Å². The standard InChI is InChI=1S/C44H78O6/c1-5-9-11-13-15-17-19-21-23-25-27-29-31-33-35-49-41-37-40(44(46)48-8-4)42(38-39(41)43(45)47-7-3)50-36-34-32-30-28-26-24-22-20-18-16-14-12-10-6-2/h37-38H,5-36H2,1-4H3. The second-order valence-electron chi connectivity index (χ2n) is 14.2. The first-order valence-corrected chi connectivity index (χ1v) is 21.4. The van der Waals surface area contributed by atoms with Crippen LogP contribution in [0.5, 0.6) is 11.5 Å². The summed E-state index contributed by atoms with van der Waals surface area (Å²) in [6.07, 6.45) is 36.1. The Morgan fingerprint density at radius 2 is 0.620 bits per heavy atom. The lowest BCUT2D eigenvalue weighted by Gasteiger charge is -2.16. The van der Waals surface area contributed by atoms with Gasteiger partial charge in [0.05, 0.1) is 26.4 Å². The third-order valence-electron chi connectivity index (χ3n) is 9.58. The maximum Gasteiger partial charge on any atom is 0.342 e. The minimum atomic E-state index is -0.472. The highest BCUT2D eigenvalue weighted by atomic mass is 16.5. The lowest BCUT2D eigenvalue weighted by Crippen LogP contribution is -2.14. The van der Waals surface area contributed by atoms with Crippen LogP contribution in [-0.4, -0.2) is 38.4 Å². The summed E-state index contributed by atoms with van der Waals surface area (Å²) in [5, 5.41) is 0. The van der Waals surface area contributed by atoms with Gasteiger partial charge in [-0.3, -0.25) is 0 Å². The van der Waals surface area contributed by atoms with E-state index in [1.165, 1.54) is 154 Å². The summed E-state index contributed by atoms with van der Waals surface area (Å²) >= 11 is 0. The van der Waals surface area contributed by atoms with E-state index < -0.39 is 11.9 Å². The Kier molecular flexibility index (Phi) is 31.0. The Balaban J connectivity index is 2.46. The first-order chi connectivity index (χ1) is 24.6. The van der Waals surface area contributed by atoms with E-state index in [9.17, 15) is 9.59 Å². The molecule has 0 atom stereocenters. The number of unbranched alkanes of at least 4 members (excludes halogenated alkanes) is 26. The molecule has 0 spiro atoms. The summed E-state index contributed by atoms with van der Waals surface area (Å²) in [6.45, 7) is 9.58. The van der Waals surface area contributed by atoms with Crippen LogP contribution in [0, 0.1) is 0 Å². The maximum atomic E-state index is 12.9. The number of benzene rings is 1. The van der Waals surface area contributed by atoms with Crippen molar-refractivity contribution in [3.63, 3.8) is 0 Å². The van der Waals surface area contributed by atoms with Crippen molar-refractivity contribution < 1.29 is 28.5 Å². The second kappa shape index (κ2) is 33.9. The zero-order valence-corrected chi connectivity index (χ0v) is 33.2. The SMILES string of the molecule is CCCCCCCCCCCCCCCCOc1cc(C(=O)OCC)c(OCCCCCCCCCCCCCCCC)cc1C(=O)OCC. The average Bonchev–Trinajstić information content (AvgIpc) is 3.11. The number of esters is 2. The number of carbonyl (C=O) groups is 2. The Morgan fingerprint density at radius 1 is 0.380 bits per heavy atom. The summed E-state index contributed by atoms with van der Waals surface area (Å²) in [5.74, 6) is -0.240. The zero-order valence-electron chi connectivity index (χ0n) is 33.2. The van der Waals surface area contributed by atoms with Gasteiger partial charge in [-0.2, -0.15) is 0 Å². The summed E-state index contributed by atoms with van der Waals surface area (Å²) in [5.41, 5.74) is 0.586. The van der Waals surface area contributed by atoms with Gasteiger partial charge in [0.15, 0.2) is 0 Å². The fourth-order valence-electron chi connectivity index (χ4n) is 6.49. The number of carbonyl (C=O) groups excluding carboxylic acids is 2. The maximum absolute atomic E-state index is 12.9. The molecule has 0 radical (unpaired) electrons. The molecule has 6 nitrogen and oxygen atoms in total. The highest BCUT2D eigenvalue weighted by Crippen LogP contribution is 2.31. The Bertz CT molecular complexity index is 869. The molecule has 0 saturated heterocycles. The monoisotopic (exact) mass is 703 g/mol. The van der Waals surface area contributed by atoms with E-state index in [1.807, 2.05) is 0 Å². The van der Waals surface area contributed by atoms with Gasteiger partial charge in [0, 0.05) is 0 Å². The molecule has 0 bridgehead atoms. The van der Waals surface area contributed by atoms with E-state index in [-0.39, 0.29) is 13.2 Å². The van der Waals surface area contributed by atoms with Gasteiger partial charge in [0.1, 0.15) is 22.6 Å². The fourth-order valence-corrected chi connectivity index (χ4v) is 6.49. The number of rotatable bonds is 36. The van der Waals surface area contributed by atoms with Crippen molar-refractivity contribution in [3.05, 3.63) is 23.3 Å². The molecular formula is C44H78O6. The van der Waals surface area contributed by atoms with E-state index in [2.05, 4.69) is 13.8 Å². The van der Waals surface area contributed by atoms with Gasteiger partial charge in [0.2, 0.25) is 0 Å². The minimum Gasteiger partial charge on any atom is -0.493 e. The van der Waals surface area contributed by atoms with Crippen molar-refractivity contribution in [1.82, 2.24) is 0 Å². The molecule has 0 unspecified atom stereocenters. The lowest BCUT2D eigenvalue weighted by atomic mass is 10.0. The predicted molar refractivity (Wildman–Crippen MR) is 210 cm³/mol. The molecule has 0 aliphatic rings. The predicted octanol–water partition coefficient (Wildman–Crippen LogP) is 13.8. The van der Waals surface area contributed by atoms with Gasteiger partial charge in [0.25, 0.3) is 0 Å². The Morgan fingerprint density at radius 3 is 0.860 bits per heavy atom. The van der Waals surface area contributed by atoms with E-state index in [0.717, 1.165) is 25.7 Å². The first-order valence-electron chi connectivity index (χ1n) is 21.4. The molecule has 50 heavy (non-hydrogen) atoms. The molecule has 0 fully saturated rings. The minimum absolute atomic E-state index is 0.256. The third-order valence-corrected chi connectivity index (χ3v) is 9.58. The third kappa shape index (κ3) is 24.0. The van der Waals surface area contributed by atoms with Gasteiger partial charge >= 0.3 is 11.9 Å². The quantitative estimate of drug-likeness (QED) is 0.0512. The van der Waals surface area contributed by atoms with Gasteiger partial charge in [-0.05, 0) is 38.8 Å². The van der Waals surface area contributed by atoms with Crippen molar-refractivity contribution in [1.29, 1.82) is 0 Å². The second-order valence-corrected chi connectivity index (χ2v) is 14.2. The zero-order chi connectivity index (χ0) is 36.3. The van der Waals surface area contributed by atoms with Crippen LogP contribution in [0.2, 0.25) is 0 Å². The van der Waals surface area contributed by atoms with Crippen molar-refractivity contribution in [2.45, 2.75) is 207 Å². The van der Waals surface area contributed by atoms with E-state index in [1.54, 1.807) is 26.0 Å². The molecule has 0 aliphatic carbocycles. The van der Waals surface area contributed by atoms with Crippen LogP contribution in [0.3, 0.4) is 0 Å². The molecule has 0 amide bonds.